The largest absolute Gasteiger partial charge is 0.388 e. The second-order valence-electron chi connectivity index (χ2n) is 4.39. The van der Waals surface area contributed by atoms with Gasteiger partial charge in [0.2, 0.25) is 11.8 Å². The van der Waals surface area contributed by atoms with Crippen LogP contribution in [0.15, 0.2) is 0 Å². The third kappa shape index (κ3) is 4.40. The normalized spacial score (nSPS) is 34.8. The molecule has 0 bridgehead atoms. The van der Waals surface area contributed by atoms with E-state index in [9.17, 15) is 24.9 Å². The van der Waals surface area contributed by atoms with E-state index < -0.39 is 42.5 Å². The Labute approximate surface area is 109 Å². The third-order valence-corrected chi connectivity index (χ3v) is 2.80. The van der Waals surface area contributed by atoms with E-state index in [4.69, 9.17) is 10.5 Å². The molecule has 0 aromatic heterocycles. The number of primary amides is 1. The van der Waals surface area contributed by atoms with Gasteiger partial charge in [-0.3, -0.25) is 15.0 Å². The molecular weight excluding hydrogens is 258 g/mol. The summed E-state index contributed by atoms with van der Waals surface area (Å²) in [6, 6.07) is 0. The first kappa shape index (κ1) is 15.8. The number of nitrogens with one attached hydrogen (secondary N) is 2. The number of hydrogen-bond acceptors (Lipinski definition) is 7. The van der Waals surface area contributed by atoms with Crippen LogP contribution >= 0.6 is 0 Å². The van der Waals surface area contributed by atoms with Crippen LogP contribution in [-0.2, 0) is 14.3 Å². The molecular formula is C10H19N3O6. The summed E-state index contributed by atoms with van der Waals surface area (Å²) in [4.78, 5) is 21.8. The van der Waals surface area contributed by atoms with Crippen LogP contribution < -0.4 is 16.6 Å². The lowest BCUT2D eigenvalue weighted by atomic mass is 9.99. The summed E-state index contributed by atoms with van der Waals surface area (Å²) in [5, 5.41) is 28.6. The number of carbonyl (C=O) groups excluding carboxylic acids is 2. The van der Waals surface area contributed by atoms with Crippen LogP contribution in [0.5, 0.6) is 0 Å². The van der Waals surface area contributed by atoms with Crippen LogP contribution in [0.25, 0.3) is 0 Å². The zero-order valence-corrected chi connectivity index (χ0v) is 10.4. The van der Waals surface area contributed by atoms with Gasteiger partial charge in [-0.1, -0.05) is 0 Å². The number of nitrogens with two attached hydrogens (primary N) is 1. The molecule has 110 valence electrons. The molecule has 7 N–H and O–H groups in total. The molecule has 1 aliphatic rings. The molecule has 0 aliphatic carbocycles. The Morgan fingerprint density at radius 3 is 2.37 bits per heavy atom. The third-order valence-electron chi connectivity index (χ3n) is 2.80. The van der Waals surface area contributed by atoms with Crippen LogP contribution in [0.2, 0.25) is 0 Å². The summed E-state index contributed by atoms with van der Waals surface area (Å²) in [7, 11) is 0. The standard InChI is InChI=1S/C10H19N3O6/c1-4-7(16)8(17)9(18)10(19-4)13-12-6(15)3-2-5(11)14/h4,7-10,13,16-18H,2-3H2,1H3,(H2,11,14)(H,12,15)/t4-,7-,8+,9+,10-/m1/s1. The van der Waals surface area contributed by atoms with Crippen LogP contribution in [0, 0.1) is 0 Å². The molecule has 0 aromatic rings. The first-order valence-electron chi connectivity index (χ1n) is 5.85. The van der Waals surface area contributed by atoms with Gasteiger partial charge in [-0.05, 0) is 6.92 Å². The van der Waals surface area contributed by atoms with E-state index in [0.29, 0.717) is 0 Å². The number of ether oxygens (including phenoxy) is 1. The van der Waals surface area contributed by atoms with E-state index in [2.05, 4.69) is 10.9 Å². The van der Waals surface area contributed by atoms with E-state index in [1.807, 2.05) is 0 Å². The highest BCUT2D eigenvalue weighted by atomic mass is 16.5. The molecule has 0 radical (unpaired) electrons. The van der Waals surface area contributed by atoms with Crippen molar-refractivity contribution in [1.29, 1.82) is 0 Å². The van der Waals surface area contributed by atoms with Crippen molar-refractivity contribution in [2.24, 2.45) is 5.73 Å². The van der Waals surface area contributed by atoms with Crippen LogP contribution in [-0.4, -0.2) is 57.8 Å². The van der Waals surface area contributed by atoms with Gasteiger partial charge in [-0.2, -0.15) is 0 Å². The van der Waals surface area contributed by atoms with Crippen molar-refractivity contribution < 1.29 is 29.6 Å². The van der Waals surface area contributed by atoms with Gasteiger partial charge in [0.05, 0.1) is 6.10 Å². The predicted molar refractivity (Wildman–Crippen MR) is 62.1 cm³/mol. The minimum atomic E-state index is -1.40. The second-order valence-corrected chi connectivity index (χ2v) is 4.39. The minimum Gasteiger partial charge on any atom is -0.388 e. The second kappa shape index (κ2) is 6.78. The average Bonchev–Trinajstić information content (AvgIpc) is 2.36. The number of aliphatic hydroxyl groups excluding tert-OH is 3. The SMILES string of the molecule is C[C@H]1O[C@@H](NNC(=O)CCC(N)=O)[C@@H](O)[C@@H](O)[C@@H]1O. The molecule has 1 fully saturated rings. The average molecular weight is 277 g/mol. The molecule has 1 heterocycles. The van der Waals surface area contributed by atoms with Crippen molar-refractivity contribution in [1.82, 2.24) is 10.9 Å². The smallest absolute Gasteiger partial charge is 0.234 e. The maximum atomic E-state index is 11.3. The molecule has 1 saturated heterocycles. The highest BCUT2D eigenvalue weighted by Gasteiger charge is 2.41. The predicted octanol–water partition coefficient (Wildman–Crippen LogP) is -3.30. The van der Waals surface area contributed by atoms with Crippen molar-refractivity contribution in [3.05, 3.63) is 0 Å². The minimum absolute atomic E-state index is 0.0979. The lowest BCUT2D eigenvalue weighted by Gasteiger charge is -2.39. The topological polar surface area (TPSA) is 154 Å². The monoisotopic (exact) mass is 277 g/mol. The fraction of sp³-hybridized carbons (Fsp3) is 0.800. The number of carbonyl (C=O) groups is 2. The first-order valence-corrected chi connectivity index (χ1v) is 5.85. The lowest BCUT2D eigenvalue weighted by Crippen LogP contribution is -2.63. The van der Waals surface area contributed by atoms with Gasteiger partial charge in [0.15, 0.2) is 6.23 Å². The quantitative estimate of drug-likeness (QED) is 0.288. The summed E-state index contributed by atoms with van der Waals surface area (Å²) >= 11 is 0. The van der Waals surface area contributed by atoms with Crippen molar-refractivity contribution in [2.45, 2.75) is 50.4 Å². The van der Waals surface area contributed by atoms with Crippen LogP contribution in [0.3, 0.4) is 0 Å². The number of hydrogen-bond donors (Lipinski definition) is 6. The molecule has 9 heteroatoms. The van der Waals surface area contributed by atoms with E-state index in [1.165, 1.54) is 6.92 Å². The zero-order valence-electron chi connectivity index (χ0n) is 10.4. The number of aliphatic hydroxyl groups is 3. The molecule has 0 saturated carbocycles. The Bertz CT molecular complexity index is 339. The lowest BCUT2D eigenvalue weighted by molar-refractivity contribution is -0.227. The summed E-state index contributed by atoms with van der Waals surface area (Å²) in [5.74, 6) is -1.11. The molecule has 0 spiro atoms. The Morgan fingerprint density at radius 2 is 1.79 bits per heavy atom. The Kier molecular flexibility index (Phi) is 5.63. The van der Waals surface area contributed by atoms with E-state index in [1.54, 1.807) is 0 Å². The fourth-order valence-corrected chi connectivity index (χ4v) is 1.62. The Hall–Kier alpha value is -1.26. The zero-order chi connectivity index (χ0) is 14.6. The summed E-state index contributed by atoms with van der Waals surface area (Å²) in [6.07, 6.45) is -5.97. The number of hydrazine groups is 1. The first-order chi connectivity index (χ1) is 8.82. The highest BCUT2D eigenvalue weighted by Crippen LogP contribution is 2.18. The molecule has 2 amide bonds. The molecule has 1 aliphatic heterocycles. The van der Waals surface area contributed by atoms with Crippen molar-refractivity contribution in [3.8, 4) is 0 Å². The van der Waals surface area contributed by atoms with Crippen molar-refractivity contribution in [3.63, 3.8) is 0 Å². The molecule has 0 unspecified atom stereocenters. The maximum Gasteiger partial charge on any atom is 0.234 e. The fourth-order valence-electron chi connectivity index (χ4n) is 1.62. The van der Waals surface area contributed by atoms with Gasteiger partial charge in [-0.25, -0.2) is 5.43 Å². The van der Waals surface area contributed by atoms with Crippen molar-refractivity contribution >= 4 is 11.8 Å². The van der Waals surface area contributed by atoms with Crippen molar-refractivity contribution in [2.75, 3.05) is 0 Å². The van der Waals surface area contributed by atoms with Gasteiger partial charge < -0.3 is 25.8 Å². The summed E-state index contributed by atoms with van der Waals surface area (Å²) < 4.78 is 5.18. The Balaban J connectivity index is 2.40. The molecule has 19 heavy (non-hydrogen) atoms. The highest BCUT2D eigenvalue weighted by molar-refractivity contribution is 5.82. The maximum absolute atomic E-state index is 11.3. The molecule has 9 nitrogen and oxygen atoms in total. The molecule has 5 atom stereocenters. The molecule has 1 rings (SSSR count). The van der Waals surface area contributed by atoms with Crippen LogP contribution in [0.4, 0.5) is 0 Å². The number of amides is 2. The van der Waals surface area contributed by atoms with Crippen LogP contribution in [0.1, 0.15) is 19.8 Å². The van der Waals surface area contributed by atoms with E-state index in [-0.39, 0.29) is 12.8 Å². The van der Waals surface area contributed by atoms with Gasteiger partial charge >= 0.3 is 0 Å². The van der Waals surface area contributed by atoms with Gasteiger partial charge in [-0.15, -0.1) is 0 Å². The van der Waals surface area contributed by atoms with E-state index in [0.717, 1.165) is 0 Å². The Morgan fingerprint density at radius 1 is 1.16 bits per heavy atom. The van der Waals surface area contributed by atoms with Gasteiger partial charge in [0.1, 0.15) is 18.3 Å². The number of rotatable bonds is 5. The summed E-state index contributed by atoms with van der Waals surface area (Å²) in [6.45, 7) is 1.52. The van der Waals surface area contributed by atoms with Gasteiger partial charge in [0, 0.05) is 12.8 Å². The molecule has 0 aromatic carbocycles. The van der Waals surface area contributed by atoms with E-state index >= 15 is 0 Å². The summed E-state index contributed by atoms with van der Waals surface area (Å²) in [5.41, 5.74) is 9.49. The van der Waals surface area contributed by atoms with Gasteiger partial charge in [0.25, 0.3) is 0 Å².